The fourth-order valence-corrected chi connectivity index (χ4v) is 3.36. The summed E-state index contributed by atoms with van der Waals surface area (Å²) in [6, 6.07) is 3.93. The first-order valence-electron chi connectivity index (χ1n) is 8.48. The number of carbonyl (C=O) groups is 1. The second kappa shape index (κ2) is 5.95. The van der Waals surface area contributed by atoms with Crippen LogP contribution in [0.4, 0.5) is 0 Å². The molecule has 124 valence electrons. The van der Waals surface area contributed by atoms with Gasteiger partial charge in [0.25, 0.3) is 0 Å². The molecule has 0 radical (unpaired) electrons. The average molecular weight is 314 g/mol. The third-order valence-corrected chi connectivity index (χ3v) is 4.44. The molecule has 1 atom stereocenters. The Bertz CT molecular complexity index is 713. The smallest absolute Gasteiger partial charge is 0.223 e. The lowest BCUT2D eigenvalue weighted by Gasteiger charge is -2.23. The second-order valence-electron chi connectivity index (χ2n) is 7.62. The van der Waals surface area contributed by atoms with Crippen molar-refractivity contribution < 1.29 is 4.79 Å². The van der Waals surface area contributed by atoms with Crippen molar-refractivity contribution in [3.05, 3.63) is 24.2 Å². The van der Waals surface area contributed by atoms with E-state index in [0.29, 0.717) is 12.3 Å². The van der Waals surface area contributed by atoms with Gasteiger partial charge in [0, 0.05) is 38.2 Å². The van der Waals surface area contributed by atoms with Crippen LogP contribution >= 0.6 is 0 Å². The Kier molecular flexibility index (Phi) is 4.13. The van der Waals surface area contributed by atoms with Gasteiger partial charge in [0.05, 0.1) is 0 Å². The predicted molar refractivity (Wildman–Crippen MR) is 91.2 cm³/mol. The summed E-state index contributed by atoms with van der Waals surface area (Å²) in [5.41, 5.74) is 1.93. The standard InChI is InChI=1S/C18H26N4O/c1-5-22-16(20-14-7-6-9-19-17(14)22)13-8-10-21(12-13)15(23)11-18(2,3)4/h6-7,9,13H,5,8,10-12H2,1-4H3/t13-/m0/s1. The van der Waals surface area contributed by atoms with Crippen LogP contribution in [-0.2, 0) is 11.3 Å². The van der Waals surface area contributed by atoms with Gasteiger partial charge in [-0.2, -0.15) is 0 Å². The van der Waals surface area contributed by atoms with Crippen LogP contribution in [0.5, 0.6) is 0 Å². The number of aryl methyl sites for hydroxylation is 1. The minimum Gasteiger partial charge on any atom is -0.342 e. The largest absolute Gasteiger partial charge is 0.342 e. The molecule has 0 N–H and O–H groups in total. The van der Waals surface area contributed by atoms with Gasteiger partial charge in [0.2, 0.25) is 5.91 Å². The van der Waals surface area contributed by atoms with Gasteiger partial charge in [0.1, 0.15) is 11.3 Å². The summed E-state index contributed by atoms with van der Waals surface area (Å²) in [4.78, 5) is 23.7. The number of likely N-dealkylation sites (tertiary alicyclic amines) is 1. The van der Waals surface area contributed by atoms with Crippen LogP contribution in [0.2, 0.25) is 0 Å². The summed E-state index contributed by atoms with van der Waals surface area (Å²) in [7, 11) is 0. The molecule has 0 aliphatic carbocycles. The van der Waals surface area contributed by atoms with Gasteiger partial charge < -0.3 is 9.47 Å². The maximum Gasteiger partial charge on any atom is 0.223 e. The van der Waals surface area contributed by atoms with Gasteiger partial charge in [-0.05, 0) is 30.9 Å². The highest BCUT2D eigenvalue weighted by Crippen LogP contribution is 2.30. The molecule has 0 unspecified atom stereocenters. The van der Waals surface area contributed by atoms with E-state index in [1.165, 1.54) is 0 Å². The van der Waals surface area contributed by atoms with E-state index in [2.05, 4.69) is 37.2 Å². The van der Waals surface area contributed by atoms with E-state index in [-0.39, 0.29) is 11.3 Å². The Balaban J connectivity index is 1.80. The van der Waals surface area contributed by atoms with Crippen molar-refractivity contribution in [3.63, 3.8) is 0 Å². The van der Waals surface area contributed by atoms with Crippen LogP contribution in [0, 0.1) is 5.41 Å². The lowest BCUT2D eigenvalue weighted by molar-refractivity contribution is -0.132. The Morgan fingerprint density at radius 2 is 2.17 bits per heavy atom. The summed E-state index contributed by atoms with van der Waals surface area (Å²) >= 11 is 0. The number of hydrogen-bond donors (Lipinski definition) is 0. The average Bonchev–Trinajstić information content (AvgIpc) is 3.09. The van der Waals surface area contributed by atoms with Crippen molar-refractivity contribution in [3.8, 4) is 0 Å². The Morgan fingerprint density at radius 3 is 2.87 bits per heavy atom. The normalized spacial score (nSPS) is 18.8. The van der Waals surface area contributed by atoms with Crippen LogP contribution in [0.25, 0.3) is 11.2 Å². The van der Waals surface area contributed by atoms with Crippen LogP contribution in [-0.4, -0.2) is 38.4 Å². The lowest BCUT2D eigenvalue weighted by atomic mass is 9.92. The minimum atomic E-state index is 0.0374. The van der Waals surface area contributed by atoms with E-state index >= 15 is 0 Å². The van der Waals surface area contributed by atoms with Gasteiger partial charge in [-0.3, -0.25) is 4.79 Å². The maximum atomic E-state index is 12.5. The third-order valence-electron chi connectivity index (χ3n) is 4.44. The number of nitrogens with zero attached hydrogens (tertiary/aromatic N) is 4. The molecule has 5 nitrogen and oxygen atoms in total. The molecule has 0 spiro atoms. The molecule has 1 amide bonds. The van der Waals surface area contributed by atoms with Crippen molar-refractivity contribution >= 4 is 17.1 Å². The molecule has 1 saturated heterocycles. The third kappa shape index (κ3) is 3.23. The van der Waals surface area contributed by atoms with Gasteiger partial charge in [0.15, 0.2) is 5.65 Å². The van der Waals surface area contributed by atoms with Gasteiger partial charge in [-0.1, -0.05) is 20.8 Å². The number of rotatable bonds is 3. The fourth-order valence-electron chi connectivity index (χ4n) is 3.36. The number of aromatic nitrogens is 3. The van der Waals surface area contributed by atoms with Gasteiger partial charge in [-0.25, -0.2) is 9.97 Å². The minimum absolute atomic E-state index is 0.0374. The van der Waals surface area contributed by atoms with Crippen LogP contribution in [0.1, 0.15) is 52.3 Å². The van der Waals surface area contributed by atoms with Crippen molar-refractivity contribution in [2.45, 2.75) is 53.0 Å². The number of imidazole rings is 1. The zero-order valence-corrected chi connectivity index (χ0v) is 14.5. The van der Waals surface area contributed by atoms with E-state index in [1.54, 1.807) is 0 Å². The molecular formula is C18H26N4O. The molecular weight excluding hydrogens is 288 g/mol. The first-order valence-corrected chi connectivity index (χ1v) is 8.48. The van der Waals surface area contributed by atoms with E-state index in [9.17, 15) is 4.79 Å². The molecule has 3 rings (SSSR count). The topological polar surface area (TPSA) is 51.0 Å². The first-order chi connectivity index (χ1) is 10.9. The first kappa shape index (κ1) is 16.0. The van der Waals surface area contributed by atoms with E-state index in [0.717, 1.165) is 43.0 Å². The number of pyridine rings is 1. The quantitative estimate of drug-likeness (QED) is 0.874. The summed E-state index contributed by atoms with van der Waals surface area (Å²) in [5, 5.41) is 0. The fraction of sp³-hybridized carbons (Fsp3) is 0.611. The molecule has 1 fully saturated rings. The molecule has 2 aromatic rings. The summed E-state index contributed by atoms with van der Waals surface area (Å²) in [6.45, 7) is 10.9. The van der Waals surface area contributed by atoms with Crippen LogP contribution in [0.15, 0.2) is 18.3 Å². The zero-order valence-electron chi connectivity index (χ0n) is 14.5. The number of fused-ring (bicyclic) bond motifs is 1. The van der Waals surface area contributed by atoms with E-state index < -0.39 is 0 Å². The van der Waals surface area contributed by atoms with Crippen molar-refractivity contribution in [1.29, 1.82) is 0 Å². The van der Waals surface area contributed by atoms with E-state index in [1.807, 2.05) is 23.2 Å². The molecule has 0 saturated carbocycles. The van der Waals surface area contributed by atoms with Crippen molar-refractivity contribution in [2.75, 3.05) is 13.1 Å². The maximum absolute atomic E-state index is 12.5. The van der Waals surface area contributed by atoms with Crippen molar-refractivity contribution in [2.24, 2.45) is 5.41 Å². The van der Waals surface area contributed by atoms with E-state index in [4.69, 9.17) is 4.98 Å². The molecule has 23 heavy (non-hydrogen) atoms. The molecule has 0 aromatic carbocycles. The summed E-state index contributed by atoms with van der Waals surface area (Å²) in [5.74, 6) is 1.65. The monoisotopic (exact) mass is 314 g/mol. The zero-order chi connectivity index (χ0) is 16.6. The van der Waals surface area contributed by atoms with Crippen LogP contribution < -0.4 is 0 Å². The Labute approximate surface area is 137 Å². The Hall–Kier alpha value is -1.91. The second-order valence-corrected chi connectivity index (χ2v) is 7.62. The van der Waals surface area contributed by atoms with Crippen molar-refractivity contribution in [1.82, 2.24) is 19.4 Å². The molecule has 2 aromatic heterocycles. The van der Waals surface area contributed by atoms with Crippen LogP contribution in [0.3, 0.4) is 0 Å². The lowest BCUT2D eigenvalue weighted by Crippen LogP contribution is -2.31. The predicted octanol–water partition coefficient (Wildman–Crippen LogP) is 3.20. The number of hydrogen-bond acceptors (Lipinski definition) is 3. The molecule has 3 heterocycles. The van der Waals surface area contributed by atoms with Gasteiger partial charge >= 0.3 is 0 Å². The number of carbonyl (C=O) groups excluding carboxylic acids is 1. The van der Waals surface area contributed by atoms with Gasteiger partial charge in [-0.15, -0.1) is 0 Å². The summed E-state index contributed by atoms with van der Waals surface area (Å²) in [6.07, 6.45) is 3.40. The Morgan fingerprint density at radius 1 is 1.39 bits per heavy atom. The SMILES string of the molecule is CCn1c([C@H]2CCN(C(=O)CC(C)(C)C)C2)nc2cccnc21. The molecule has 5 heteroatoms. The highest BCUT2D eigenvalue weighted by atomic mass is 16.2. The highest BCUT2D eigenvalue weighted by molar-refractivity contribution is 5.77. The molecule has 1 aliphatic heterocycles. The highest BCUT2D eigenvalue weighted by Gasteiger charge is 2.32. The molecule has 0 bridgehead atoms. The summed E-state index contributed by atoms with van der Waals surface area (Å²) < 4.78 is 2.19. The molecule has 1 aliphatic rings. The number of amides is 1.